The van der Waals surface area contributed by atoms with Gasteiger partial charge in [-0.3, -0.25) is 15.5 Å². The molecule has 0 amide bonds. The summed E-state index contributed by atoms with van der Waals surface area (Å²) in [6.45, 7) is 3.95. The minimum absolute atomic E-state index is 0.00120. The quantitative estimate of drug-likeness (QED) is 0.358. The van der Waals surface area contributed by atoms with Crippen LogP contribution in [-0.4, -0.2) is 23.2 Å². The van der Waals surface area contributed by atoms with Crippen molar-refractivity contribution in [3.8, 4) is 0 Å². The van der Waals surface area contributed by atoms with Crippen LogP contribution >= 0.6 is 0 Å². The van der Waals surface area contributed by atoms with Gasteiger partial charge in [-0.2, -0.15) is 5.10 Å². The van der Waals surface area contributed by atoms with Gasteiger partial charge in [0.1, 0.15) is 5.71 Å². The highest BCUT2D eigenvalue weighted by Gasteiger charge is 2.11. The maximum Gasteiger partial charge on any atom is 0.354 e. The molecule has 0 heterocycles. The van der Waals surface area contributed by atoms with E-state index in [-0.39, 0.29) is 5.69 Å². The molecule has 0 fully saturated rings. The minimum Gasteiger partial charge on any atom is -0.461 e. The van der Waals surface area contributed by atoms with Crippen LogP contribution in [0.1, 0.15) is 26.7 Å². The number of non-ortho nitro benzene ring substituents is 1. The number of nitro benzene ring substituents is 1. The van der Waals surface area contributed by atoms with Crippen LogP contribution in [0.4, 0.5) is 11.4 Å². The van der Waals surface area contributed by atoms with Gasteiger partial charge < -0.3 is 4.74 Å². The van der Waals surface area contributed by atoms with Crippen LogP contribution in [0.15, 0.2) is 29.4 Å². The summed E-state index contributed by atoms with van der Waals surface area (Å²) in [7, 11) is 0. The monoisotopic (exact) mass is 279 g/mol. The van der Waals surface area contributed by atoms with Gasteiger partial charge in [0, 0.05) is 12.1 Å². The van der Waals surface area contributed by atoms with Gasteiger partial charge in [0.05, 0.1) is 17.2 Å². The van der Waals surface area contributed by atoms with Crippen LogP contribution in [0.3, 0.4) is 0 Å². The topological polar surface area (TPSA) is 93.8 Å². The second-order valence-electron chi connectivity index (χ2n) is 3.94. The highest BCUT2D eigenvalue weighted by Crippen LogP contribution is 2.15. The third kappa shape index (κ3) is 4.68. The summed E-state index contributed by atoms with van der Waals surface area (Å²) >= 11 is 0. The normalized spacial score (nSPS) is 11.0. The summed E-state index contributed by atoms with van der Waals surface area (Å²) in [5.74, 6) is -0.455. The van der Waals surface area contributed by atoms with Gasteiger partial charge in [-0.25, -0.2) is 4.79 Å². The van der Waals surface area contributed by atoms with Gasteiger partial charge >= 0.3 is 5.97 Å². The number of rotatable bonds is 7. The van der Waals surface area contributed by atoms with Crippen molar-refractivity contribution in [3.05, 3.63) is 34.4 Å². The molecule has 0 saturated heterocycles. The number of carbonyl (C=O) groups is 1. The zero-order valence-electron chi connectivity index (χ0n) is 11.5. The van der Waals surface area contributed by atoms with E-state index in [2.05, 4.69) is 10.5 Å². The third-order valence-corrected chi connectivity index (χ3v) is 2.40. The van der Waals surface area contributed by atoms with Gasteiger partial charge in [0.15, 0.2) is 0 Å². The number of carbonyl (C=O) groups excluding carboxylic acids is 1. The summed E-state index contributed by atoms with van der Waals surface area (Å²) in [6.07, 6.45) is 1.26. The molecule has 1 aromatic rings. The van der Waals surface area contributed by atoms with Crippen molar-refractivity contribution < 1.29 is 14.5 Å². The summed E-state index contributed by atoms with van der Waals surface area (Å²) in [5.41, 5.74) is 3.56. The molecule has 0 radical (unpaired) electrons. The Labute approximate surface area is 116 Å². The van der Waals surface area contributed by atoms with Crippen LogP contribution in [-0.2, 0) is 9.53 Å². The smallest absolute Gasteiger partial charge is 0.354 e. The lowest BCUT2D eigenvalue weighted by molar-refractivity contribution is -0.384. The lowest BCUT2D eigenvalue weighted by atomic mass is 10.2. The number of hydrazone groups is 1. The van der Waals surface area contributed by atoms with E-state index in [1.807, 2.05) is 6.92 Å². The zero-order valence-corrected chi connectivity index (χ0v) is 11.5. The molecule has 7 heteroatoms. The maximum atomic E-state index is 11.6. The van der Waals surface area contributed by atoms with Crippen molar-refractivity contribution >= 4 is 23.1 Å². The molecule has 20 heavy (non-hydrogen) atoms. The van der Waals surface area contributed by atoms with Gasteiger partial charge in [0.2, 0.25) is 0 Å². The number of nitrogens with zero attached hydrogens (tertiary/aromatic N) is 2. The number of hydrogen-bond acceptors (Lipinski definition) is 6. The molecule has 1 N–H and O–H groups in total. The van der Waals surface area contributed by atoms with E-state index in [9.17, 15) is 14.9 Å². The molecule has 1 aromatic carbocycles. The average molecular weight is 279 g/mol. The molecule has 0 aliphatic carbocycles. The first-order valence-electron chi connectivity index (χ1n) is 6.32. The fraction of sp³-hybridized carbons (Fsp3) is 0.385. The van der Waals surface area contributed by atoms with Gasteiger partial charge in [-0.1, -0.05) is 13.3 Å². The SMILES string of the molecule is CCCC(=NNc1ccc([N+](=O)[O-])cc1)C(=O)OCC. The van der Waals surface area contributed by atoms with Crippen molar-refractivity contribution in [1.29, 1.82) is 0 Å². The van der Waals surface area contributed by atoms with Gasteiger partial charge in [0.25, 0.3) is 5.69 Å². The first-order valence-corrected chi connectivity index (χ1v) is 6.32. The predicted octanol–water partition coefficient (Wildman–Crippen LogP) is 2.73. The summed E-state index contributed by atoms with van der Waals surface area (Å²) < 4.78 is 4.90. The highest BCUT2D eigenvalue weighted by atomic mass is 16.6. The predicted molar refractivity (Wildman–Crippen MR) is 75.7 cm³/mol. The van der Waals surface area contributed by atoms with Crippen LogP contribution in [0.5, 0.6) is 0 Å². The average Bonchev–Trinajstić information content (AvgIpc) is 2.44. The molecular weight excluding hydrogens is 262 g/mol. The molecule has 0 unspecified atom stereocenters. The number of benzene rings is 1. The first-order chi connectivity index (χ1) is 9.58. The molecule has 0 spiro atoms. The molecule has 0 bridgehead atoms. The molecule has 0 aromatic heterocycles. The standard InChI is InChI=1S/C13H17N3O4/c1-3-5-12(13(17)20-4-2)15-14-10-6-8-11(9-7-10)16(18)19/h6-9,14H,3-5H2,1-2H3. The number of anilines is 1. The molecule has 1 rings (SSSR count). The van der Waals surface area contributed by atoms with Gasteiger partial charge in [-0.15, -0.1) is 0 Å². The second-order valence-corrected chi connectivity index (χ2v) is 3.94. The lowest BCUT2D eigenvalue weighted by Crippen LogP contribution is -2.18. The molecule has 0 atom stereocenters. The van der Waals surface area contributed by atoms with Crippen molar-refractivity contribution in [3.63, 3.8) is 0 Å². The number of ether oxygens (including phenoxy) is 1. The number of esters is 1. The van der Waals surface area contributed by atoms with E-state index in [1.165, 1.54) is 24.3 Å². The van der Waals surface area contributed by atoms with Crippen LogP contribution < -0.4 is 5.43 Å². The van der Waals surface area contributed by atoms with Crippen molar-refractivity contribution in [2.24, 2.45) is 5.10 Å². The number of nitro groups is 1. The first kappa shape index (κ1) is 15.6. The van der Waals surface area contributed by atoms with E-state index >= 15 is 0 Å². The Morgan fingerprint density at radius 2 is 2.00 bits per heavy atom. The number of hydrogen-bond donors (Lipinski definition) is 1. The van der Waals surface area contributed by atoms with Crippen molar-refractivity contribution in [2.75, 3.05) is 12.0 Å². The summed E-state index contributed by atoms with van der Waals surface area (Å²) in [5, 5.41) is 14.5. The molecule has 7 nitrogen and oxygen atoms in total. The molecular formula is C13H17N3O4. The zero-order chi connectivity index (χ0) is 15.0. The largest absolute Gasteiger partial charge is 0.461 e. The Kier molecular flexibility index (Phi) is 6.15. The van der Waals surface area contributed by atoms with E-state index in [4.69, 9.17) is 4.74 Å². The van der Waals surface area contributed by atoms with Gasteiger partial charge in [-0.05, 0) is 25.5 Å². The summed E-state index contributed by atoms with van der Waals surface area (Å²) in [6, 6.07) is 5.77. The maximum absolute atomic E-state index is 11.6. The number of nitrogens with one attached hydrogen (secondary N) is 1. The molecule has 108 valence electrons. The minimum atomic E-state index is -0.478. The third-order valence-electron chi connectivity index (χ3n) is 2.40. The Balaban J connectivity index is 2.75. The van der Waals surface area contributed by atoms with Crippen molar-refractivity contribution in [2.45, 2.75) is 26.7 Å². The van der Waals surface area contributed by atoms with E-state index in [0.717, 1.165) is 6.42 Å². The molecule has 0 aliphatic rings. The molecule has 0 aliphatic heterocycles. The van der Waals surface area contributed by atoms with E-state index < -0.39 is 10.9 Å². The highest BCUT2D eigenvalue weighted by molar-refractivity contribution is 6.36. The van der Waals surface area contributed by atoms with Crippen LogP contribution in [0, 0.1) is 10.1 Å². The Bertz CT molecular complexity index is 497. The van der Waals surface area contributed by atoms with Crippen molar-refractivity contribution in [1.82, 2.24) is 0 Å². The Hall–Kier alpha value is -2.44. The molecule has 0 saturated carbocycles. The summed E-state index contributed by atoms with van der Waals surface area (Å²) in [4.78, 5) is 21.7. The fourth-order valence-electron chi connectivity index (χ4n) is 1.44. The Morgan fingerprint density at radius 3 is 2.50 bits per heavy atom. The van der Waals surface area contributed by atoms with Crippen LogP contribution in [0.2, 0.25) is 0 Å². The lowest BCUT2D eigenvalue weighted by Gasteiger charge is -2.06. The Morgan fingerprint density at radius 1 is 1.35 bits per heavy atom. The van der Waals surface area contributed by atoms with Crippen LogP contribution in [0.25, 0.3) is 0 Å². The van der Waals surface area contributed by atoms with E-state index in [0.29, 0.717) is 24.4 Å². The van der Waals surface area contributed by atoms with E-state index in [1.54, 1.807) is 6.92 Å². The second kappa shape index (κ2) is 7.88. The fourth-order valence-corrected chi connectivity index (χ4v) is 1.44.